The number of nitriles is 1. The van der Waals surface area contributed by atoms with Crippen molar-refractivity contribution in [3.05, 3.63) is 0 Å². The summed E-state index contributed by atoms with van der Waals surface area (Å²) in [6.45, 7) is 6.89. The van der Waals surface area contributed by atoms with Crippen LogP contribution in [0.3, 0.4) is 0 Å². The summed E-state index contributed by atoms with van der Waals surface area (Å²) in [4.78, 5) is 0. The fraction of sp³-hybridized carbons (Fsp3) is 0.917. The highest BCUT2D eigenvalue weighted by Crippen LogP contribution is 2.41. The number of hydrogen-bond donors (Lipinski definition) is 1. The van der Waals surface area contributed by atoms with E-state index in [1.54, 1.807) is 0 Å². The average molecular weight is 194 g/mol. The third-order valence-corrected chi connectivity index (χ3v) is 3.64. The SMILES string of the molecule is CC(C)(C)[C@H]1CC[C@](N)(CC#N)CC1. The van der Waals surface area contributed by atoms with Crippen molar-refractivity contribution >= 4 is 0 Å². The maximum atomic E-state index is 8.68. The summed E-state index contributed by atoms with van der Waals surface area (Å²) in [6, 6.07) is 2.21. The summed E-state index contributed by atoms with van der Waals surface area (Å²) in [7, 11) is 0. The van der Waals surface area contributed by atoms with E-state index >= 15 is 0 Å². The van der Waals surface area contributed by atoms with Gasteiger partial charge in [0.15, 0.2) is 0 Å². The van der Waals surface area contributed by atoms with Gasteiger partial charge in [-0.1, -0.05) is 20.8 Å². The molecule has 0 aromatic rings. The Labute approximate surface area is 87.5 Å². The molecule has 0 aromatic heterocycles. The third-order valence-electron chi connectivity index (χ3n) is 3.64. The molecule has 0 spiro atoms. The first-order valence-corrected chi connectivity index (χ1v) is 5.53. The largest absolute Gasteiger partial charge is 0.324 e. The lowest BCUT2D eigenvalue weighted by Gasteiger charge is -2.41. The molecule has 1 aliphatic carbocycles. The van der Waals surface area contributed by atoms with Gasteiger partial charge in [0.05, 0.1) is 12.5 Å². The number of hydrogen-bond acceptors (Lipinski definition) is 2. The van der Waals surface area contributed by atoms with E-state index in [9.17, 15) is 0 Å². The Balaban J connectivity index is 2.51. The Kier molecular flexibility index (Phi) is 3.21. The van der Waals surface area contributed by atoms with Crippen molar-refractivity contribution in [2.75, 3.05) is 0 Å². The molecule has 1 fully saturated rings. The minimum Gasteiger partial charge on any atom is -0.324 e. The molecule has 1 aliphatic rings. The van der Waals surface area contributed by atoms with Crippen LogP contribution in [0.1, 0.15) is 52.9 Å². The highest BCUT2D eigenvalue weighted by atomic mass is 14.7. The summed E-state index contributed by atoms with van der Waals surface area (Å²) in [5, 5.41) is 8.68. The first kappa shape index (κ1) is 11.5. The van der Waals surface area contributed by atoms with Crippen LogP contribution in [0.25, 0.3) is 0 Å². The van der Waals surface area contributed by atoms with E-state index in [0.717, 1.165) is 18.8 Å². The predicted octanol–water partition coefficient (Wildman–Crippen LogP) is 2.83. The standard InChI is InChI=1S/C12H22N2/c1-11(2,3)10-4-6-12(14,7-5-10)8-9-13/h10H,4-8,14H2,1-3H3/t10-,12+. The van der Waals surface area contributed by atoms with E-state index in [2.05, 4.69) is 26.8 Å². The van der Waals surface area contributed by atoms with E-state index in [4.69, 9.17) is 11.0 Å². The number of nitrogens with two attached hydrogens (primary N) is 1. The van der Waals surface area contributed by atoms with Crippen molar-refractivity contribution in [3.8, 4) is 6.07 Å². The molecule has 14 heavy (non-hydrogen) atoms. The molecule has 2 heteroatoms. The van der Waals surface area contributed by atoms with Crippen molar-refractivity contribution in [1.82, 2.24) is 0 Å². The molecular formula is C12H22N2. The molecule has 0 bridgehead atoms. The summed E-state index contributed by atoms with van der Waals surface area (Å²) in [5.41, 5.74) is 6.37. The van der Waals surface area contributed by atoms with E-state index in [1.807, 2.05) is 0 Å². The van der Waals surface area contributed by atoms with Gasteiger partial charge in [-0.05, 0) is 37.0 Å². The lowest BCUT2D eigenvalue weighted by atomic mass is 9.67. The number of nitrogens with zero attached hydrogens (tertiary/aromatic N) is 1. The van der Waals surface area contributed by atoms with E-state index in [1.165, 1.54) is 12.8 Å². The van der Waals surface area contributed by atoms with Gasteiger partial charge in [-0.25, -0.2) is 0 Å². The molecule has 0 heterocycles. The van der Waals surface area contributed by atoms with Gasteiger partial charge in [0.2, 0.25) is 0 Å². The molecule has 2 N–H and O–H groups in total. The molecule has 1 rings (SSSR count). The molecule has 0 saturated heterocycles. The zero-order valence-electron chi connectivity index (χ0n) is 9.64. The fourth-order valence-corrected chi connectivity index (χ4v) is 2.39. The van der Waals surface area contributed by atoms with Gasteiger partial charge in [0.25, 0.3) is 0 Å². The van der Waals surface area contributed by atoms with Crippen molar-refractivity contribution in [3.63, 3.8) is 0 Å². The maximum Gasteiger partial charge on any atom is 0.0641 e. The molecular weight excluding hydrogens is 172 g/mol. The zero-order valence-corrected chi connectivity index (χ0v) is 9.64. The molecule has 0 amide bonds. The molecule has 0 radical (unpaired) electrons. The van der Waals surface area contributed by atoms with Crippen LogP contribution in [-0.2, 0) is 0 Å². The average Bonchev–Trinajstić information content (AvgIpc) is 2.03. The van der Waals surface area contributed by atoms with Gasteiger partial charge in [-0.2, -0.15) is 5.26 Å². The Morgan fingerprint density at radius 3 is 2.21 bits per heavy atom. The van der Waals surface area contributed by atoms with Gasteiger partial charge in [-0.3, -0.25) is 0 Å². The summed E-state index contributed by atoms with van der Waals surface area (Å²) < 4.78 is 0. The maximum absolute atomic E-state index is 8.68. The highest BCUT2D eigenvalue weighted by molar-refractivity contribution is 4.97. The molecule has 1 saturated carbocycles. The Morgan fingerprint density at radius 1 is 1.36 bits per heavy atom. The van der Waals surface area contributed by atoms with E-state index in [-0.39, 0.29) is 5.54 Å². The third kappa shape index (κ3) is 2.72. The van der Waals surface area contributed by atoms with Crippen LogP contribution in [0.4, 0.5) is 0 Å². The monoisotopic (exact) mass is 194 g/mol. The topological polar surface area (TPSA) is 49.8 Å². The van der Waals surface area contributed by atoms with Gasteiger partial charge < -0.3 is 5.73 Å². The van der Waals surface area contributed by atoms with Crippen LogP contribution < -0.4 is 5.73 Å². The van der Waals surface area contributed by atoms with Crippen LogP contribution in [0, 0.1) is 22.7 Å². The zero-order chi connectivity index (χ0) is 10.8. The van der Waals surface area contributed by atoms with Crippen molar-refractivity contribution in [1.29, 1.82) is 5.26 Å². The van der Waals surface area contributed by atoms with E-state index < -0.39 is 0 Å². The Morgan fingerprint density at radius 2 is 1.86 bits per heavy atom. The van der Waals surface area contributed by atoms with E-state index in [0.29, 0.717) is 11.8 Å². The van der Waals surface area contributed by atoms with Crippen molar-refractivity contribution < 1.29 is 0 Å². The van der Waals surface area contributed by atoms with Crippen LogP contribution >= 0.6 is 0 Å². The summed E-state index contributed by atoms with van der Waals surface area (Å²) in [5.74, 6) is 0.776. The molecule has 0 aliphatic heterocycles. The lowest BCUT2D eigenvalue weighted by molar-refractivity contribution is 0.136. The lowest BCUT2D eigenvalue weighted by Crippen LogP contribution is -2.44. The quantitative estimate of drug-likeness (QED) is 0.697. The fourth-order valence-electron chi connectivity index (χ4n) is 2.39. The second-order valence-corrected chi connectivity index (χ2v) is 5.84. The molecule has 2 nitrogen and oxygen atoms in total. The van der Waals surface area contributed by atoms with Crippen LogP contribution in [0.15, 0.2) is 0 Å². The summed E-state index contributed by atoms with van der Waals surface area (Å²) in [6.07, 6.45) is 4.91. The first-order valence-electron chi connectivity index (χ1n) is 5.53. The first-order chi connectivity index (χ1) is 6.37. The normalized spacial score (nSPS) is 33.8. The van der Waals surface area contributed by atoms with Crippen molar-refractivity contribution in [2.24, 2.45) is 17.1 Å². The van der Waals surface area contributed by atoms with Gasteiger partial charge in [-0.15, -0.1) is 0 Å². The van der Waals surface area contributed by atoms with Crippen molar-refractivity contribution in [2.45, 2.75) is 58.4 Å². The minimum absolute atomic E-state index is 0.184. The minimum atomic E-state index is -0.184. The van der Waals surface area contributed by atoms with Crippen LogP contribution in [0.5, 0.6) is 0 Å². The van der Waals surface area contributed by atoms with Crippen LogP contribution in [-0.4, -0.2) is 5.54 Å². The van der Waals surface area contributed by atoms with Gasteiger partial charge in [0.1, 0.15) is 0 Å². The van der Waals surface area contributed by atoms with Crippen LogP contribution in [0.2, 0.25) is 0 Å². The molecule has 0 unspecified atom stereocenters. The predicted molar refractivity (Wildman–Crippen MR) is 58.6 cm³/mol. The van der Waals surface area contributed by atoms with Gasteiger partial charge >= 0.3 is 0 Å². The second kappa shape index (κ2) is 3.90. The molecule has 0 aromatic carbocycles. The smallest absolute Gasteiger partial charge is 0.0641 e. The highest BCUT2D eigenvalue weighted by Gasteiger charge is 2.35. The Bertz CT molecular complexity index is 224. The second-order valence-electron chi connectivity index (χ2n) is 5.84. The Hall–Kier alpha value is -0.550. The van der Waals surface area contributed by atoms with Gasteiger partial charge in [0, 0.05) is 5.54 Å². The molecule has 80 valence electrons. The number of rotatable bonds is 1. The molecule has 0 atom stereocenters. The summed E-state index contributed by atoms with van der Waals surface area (Å²) >= 11 is 0.